The highest BCUT2D eigenvalue weighted by atomic mass is 79.9. The summed E-state index contributed by atoms with van der Waals surface area (Å²) in [4.78, 5) is 30.8. The number of carbonyl (C=O) groups is 1. The lowest BCUT2D eigenvalue weighted by Gasteiger charge is -2.36. The van der Waals surface area contributed by atoms with E-state index >= 15 is 0 Å². The van der Waals surface area contributed by atoms with Crippen molar-refractivity contribution in [1.82, 2.24) is 33.4 Å². The molecule has 14 heteroatoms. The first-order valence-corrected chi connectivity index (χ1v) is 15.6. The largest absolute Gasteiger partial charge is 0.493 e. The van der Waals surface area contributed by atoms with Crippen LogP contribution in [0.15, 0.2) is 38.7 Å². The van der Waals surface area contributed by atoms with Gasteiger partial charge in [0.05, 0.1) is 33.7 Å². The van der Waals surface area contributed by atoms with Gasteiger partial charge in [-0.3, -0.25) is 14.3 Å². The summed E-state index contributed by atoms with van der Waals surface area (Å²) in [5.41, 5.74) is 2.46. The maximum Gasteiger partial charge on any atom is 0.335 e. The number of aryl methyl sites for hydroxylation is 1. The number of fused-ring (bicyclic) bond motifs is 4. The van der Waals surface area contributed by atoms with Gasteiger partial charge in [0.25, 0.3) is 0 Å². The maximum absolute atomic E-state index is 13.8. The molecule has 0 aliphatic carbocycles. The molecule has 0 amide bonds. The molecule has 0 bridgehead atoms. The van der Waals surface area contributed by atoms with Gasteiger partial charge >= 0.3 is 5.69 Å². The Balaban J connectivity index is 1.49. The lowest BCUT2D eigenvalue weighted by Crippen LogP contribution is -2.51. The van der Waals surface area contributed by atoms with E-state index in [1.54, 1.807) is 22.8 Å². The second-order valence-corrected chi connectivity index (χ2v) is 13.0. The van der Waals surface area contributed by atoms with Crippen molar-refractivity contribution >= 4 is 48.4 Å². The van der Waals surface area contributed by atoms with Crippen LogP contribution in [0.3, 0.4) is 0 Å². The van der Waals surface area contributed by atoms with Crippen molar-refractivity contribution in [2.45, 2.75) is 50.6 Å². The number of aromatic amines is 1. The van der Waals surface area contributed by atoms with Gasteiger partial charge in [0, 0.05) is 44.2 Å². The summed E-state index contributed by atoms with van der Waals surface area (Å²) < 4.78 is 38.9. The van der Waals surface area contributed by atoms with E-state index in [9.17, 15) is 18.0 Å². The van der Waals surface area contributed by atoms with E-state index in [0.29, 0.717) is 77.4 Å². The standard InChI is InChI=1S/C26H30BrN7O5S/c1-3-7-33-24-21(27)22(29-23(24)25-30-28-15-34(25)26(33)36)19-12-18(5-6-20(19)39-10-4-2)40(37,38)32-9-8-31-14-17(35)11-16(31)13-32/h5-6,12,15-16,29H,3-4,7-11,13-14H2,1-2H3/t16-/m0/s1. The third kappa shape index (κ3) is 4.37. The quantitative estimate of drug-likeness (QED) is 0.314. The van der Waals surface area contributed by atoms with Gasteiger partial charge in [-0.1, -0.05) is 13.8 Å². The van der Waals surface area contributed by atoms with Crippen molar-refractivity contribution in [3.8, 4) is 17.0 Å². The summed E-state index contributed by atoms with van der Waals surface area (Å²) in [6, 6.07) is 4.77. The summed E-state index contributed by atoms with van der Waals surface area (Å²) >= 11 is 3.71. The average Bonchev–Trinajstić information content (AvgIpc) is 3.66. The first-order valence-electron chi connectivity index (χ1n) is 13.4. The topological polar surface area (TPSA) is 135 Å². The van der Waals surface area contributed by atoms with Crippen LogP contribution >= 0.6 is 15.9 Å². The molecule has 1 aromatic carbocycles. The van der Waals surface area contributed by atoms with Gasteiger partial charge in [-0.05, 0) is 47.0 Å². The van der Waals surface area contributed by atoms with Crippen LogP contribution in [0.5, 0.6) is 5.75 Å². The molecule has 212 valence electrons. The van der Waals surface area contributed by atoms with E-state index in [4.69, 9.17) is 4.74 Å². The van der Waals surface area contributed by atoms with Crippen LogP contribution in [0.1, 0.15) is 33.1 Å². The Hall–Kier alpha value is -3.07. The second-order valence-electron chi connectivity index (χ2n) is 10.2. The highest BCUT2D eigenvalue weighted by molar-refractivity contribution is 9.10. The lowest BCUT2D eigenvalue weighted by molar-refractivity contribution is -0.116. The van der Waals surface area contributed by atoms with E-state index < -0.39 is 10.0 Å². The molecule has 0 saturated carbocycles. The number of H-pyrrole nitrogens is 1. The number of piperazine rings is 1. The van der Waals surface area contributed by atoms with Crippen LogP contribution in [0.25, 0.3) is 27.9 Å². The Labute approximate surface area is 239 Å². The fourth-order valence-electron chi connectivity index (χ4n) is 5.66. The predicted molar refractivity (Wildman–Crippen MR) is 152 cm³/mol. The molecule has 5 heterocycles. The first kappa shape index (κ1) is 27.1. The zero-order chi connectivity index (χ0) is 28.2. The molecule has 12 nitrogen and oxygen atoms in total. The predicted octanol–water partition coefficient (Wildman–Crippen LogP) is 2.65. The van der Waals surface area contributed by atoms with E-state index in [0.717, 1.165) is 12.8 Å². The van der Waals surface area contributed by atoms with Crippen molar-refractivity contribution in [2.75, 3.05) is 32.8 Å². The molecule has 2 saturated heterocycles. The summed E-state index contributed by atoms with van der Waals surface area (Å²) in [5, 5.41) is 8.10. The Morgan fingerprint density at radius 2 is 2.00 bits per heavy atom. The Morgan fingerprint density at radius 3 is 2.77 bits per heavy atom. The number of nitrogens with one attached hydrogen (secondary N) is 1. The average molecular weight is 633 g/mol. The van der Waals surface area contributed by atoms with Gasteiger partial charge in [0.15, 0.2) is 5.65 Å². The van der Waals surface area contributed by atoms with Crippen LogP contribution in [-0.4, -0.2) is 86.4 Å². The molecule has 40 heavy (non-hydrogen) atoms. The number of hydrogen-bond donors (Lipinski definition) is 1. The highest BCUT2D eigenvalue weighted by Gasteiger charge is 2.39. The normalized spacial score (nSPS) is 18.7. The number of halogens is 1. The molecule has 6 rings (SSSR count). The van der Waals surface area contributed by atoms with Gasteiger partial charge < -0.3 is 9.72 Å². The number of hydrogen-bond acceptors (Lipinski definition) is 8. The number of nitrogens with zero attached hydrogens (tertiary/aromatic N) is 6. The van der Waals surface area contributed by atoms with Crippen LogP contribution in [-0.2, 0) is 21.4 Å². The Morgan fingerprint density at radius 1 is 1.18 bits per heavy atom. The molecule has 1 N–H and O–H groups in total. The summed E-state index contributed by atoms with van der Waals surface area (Å²) in [6.45, 7) is 6.42. The molecule has 0 radical (unpaired) electrons. The van der Waals surface area contributed by atoms with Crippen molar-refractivity contribution in [3.63, 3.8) is 0 Å². The number of ether oxygens (including phenoxy) is 1. The molecular formula is C26H30BrN7O5S. The molecule has 0 unspecified atom stereocenters. The van der Waals surface area contributed by atoms with E-state index in [2.05, 4.69) is 36.0 Å². The molecule has 2 aliphatic heterocycles. The van der Waals surface area contributed by atoms with Crippen LogP contribution in [0, 0.1) is 0 Å². The summed E-state index contributed by atoms with van der Waals surface area (Å²) in [5.74, 6) is 0.664. The highest BCUT2D eigenvalue weighted by Crippen LogP contribution is 2.41. The van der Waals surface area contributed by atoms with Gasteiger partial charge in [-0.25, -0.2) is 17.6 Å². The molecule has 1 atom stereocenters. The zero-order valence-corrected chi connectivity index (χ0v) is 24.7. The maximum atomic E-state index is 13.8. The minimum Gasteiger partial charge on any atom is -0.493 e. The van der Waals surface area contributed by atoms with Crippen molar-refractivity contribution in [2.24, 2.45) is 0 Å². The molecule has 4 aromatic rings. The van der Waals surface area contributed by atoms with Crippen molar-refractivity contribution < 1.29 is 17.9 Å². The second kappa shape index (κ2) is 10.4. The minimum atomic E-state index is -3.85. The third-order valence-electron chi connectivity index (χ3n) is 7.57. The molecule has 2 aliphatic rings. The Kier molecular flexibility index (Phi) is 7.05. The fraction of sp³-hybridized carbons (Fsp3) is 0.462. The molecule has 0 spiro atoms. The lowest BCUT2D eigenvalue weighted by atomic mass is 10.1. The van der Waals surface area contributed by atoms with Crippen LogP contribution in [0.2, 0.25) is 0 Å². The number of sulfonamides is 1. The number of benzene rings is 1. The monoisotopic (exact) mass is 631 g/mol. The smallest absolute Gasteiger partial charge is 0.335 e. The van der Waals surface area contributed by atoms with Crippen LogP contribution in [0.4, 0.5) is 0 Å². The van der Waals surface area contributed by atoms with Crippen molar-refractivity contribution in [1.29, 1.82) is 0 Å². The number of rotatable bonds is 8. The number of ketones is 1. The van der Waals surface area contributed by atoms with E-state index in [1.165, 1.54) is 15.0 Å². The fourth-order valence-corrected chi connectivity index (χ4v) is 7.88. The third-order valence-corrected chi connectivity index (χ3v) is 10.2. The number of carbonyl (C=O) groups excluding carboxylic acids is 1. The van der Waals surface area contributed by atoms with Crippen LogP contribution < -0.4 is 10.4 Å². The minimum absolute atomic E-state index is 0.0913. The summed E-state index contributed by atoms with van der Waals surface area (Å²) in [7, 11) is -3.85. The molecular weight excluding hydrogens is 602 g/mol. The molecule has 2 fully saturated rings. The SMILES string of the molecule is CCCOc1ccc(S(=O)(=O)N2CCN3CC(=O)C[C@H]3C2)cc1-c1[nH]c2c(c1Br)n(CCC)c(=O)n1cnnc21. The van der Waals surface area contributed by atoms with Gasteiger partial charge in [0.2, 0.25) is 10.0 Å². The Bertz CT molecular complexity index is 1790. The zero-order valence-electron chi connectivity index (χ0n) is 22.3. The van der Waals surface area contributed by atoms with Gasteiger partial charge in [-0.2, -0.15) is 4.31 Å². The van der Waals surface area contributed by atoms with E-state index in [1.807, 2.05) is 13.8 Å². The van der Waals surface area contributed by atoms with Gasteiger partial charge in [-0.15, -0.1) is 10.2 Å². The number of Topliss-reactive ketones (excluding diaryl/α,β-unsaturated/α-hetero) is 1. The van der Waals surface area contributed by atoms with Gasteiger partial charge in [0.1, 0.15) is 23.4 Å². The molecule has 3 aromatic heterocycles. The van der Waals surface area contributed by atoms with Crippen molar-refractivity contribution in [3.05, 3.63) is 39.5 Å². The number of aromatic nitrogens is 5. The first-order chi connectivity index (χ1) is 19.2. The summed E-state index contributed by atoms with van der Waals surface area (Å²) in [6.07, 6.45) is 3.26. The van der Waals surface area contributed by atoms with E-state index in [-0.39, 0.29) is 29.0 Å².